The highest BCUT2D eigenvalue weighted by Gasteiger charge is 2.11. The van der Waals surface area contributed by atoms with Crippen molar-refractivity contribution in [3.8, 4) is 16.3 Å². The number of nitrogens with one attached hydrogen (secondary N) is 1. The quantitative estimate of drug-likeness (QED) is 0.556. The zero-order chi connectivity index (χ0) is 18.5. The Labute approximate surface area is 161 Å². The molecule has 134 valence electrons. The van der Waals surface area contributed by atoms with Crippen molar-refractivity contribution in [2.75, 3.05) is 6.54 Å². The standard InChI is InChI=1S/C21H18N4OS/c26-20(19-15-27-21(24-19)17-7-3-1-4-8-17)22-12-11-16-13-23-25(14-16)18-9-5-2-6-10-18/h1-10,13-15H,11-12H2,(H,22,26). The van der Waals surface area contributed by atoms with Crippen LogP contribution in [0.1, 0.15) is 16.1 Å². The summed E-state index contributed by atoms with van der Waals surface area (Å²) in [5.74, 6) is -0.149. The van der Waals surface area contributed by atoms with E-state index in [1.165, 1.54) is 11.3 Å². The molecule has 0 unspecified atom stereocenters. The second-order valence-electron chi connectivity index (χ2n) is 6.04. The Balaban J connectivity index is 1.33. The number of hydrogen-bond donors (Lipinski definition) is 1. The lowest BCUT2D eigenvalue weighted by atomic mass is 10.2. The molecule has 0 spiro atoms. The molecular weight excluding hydrogens is 356 g/mol. The minimum atomic E-state index is -0.149. The number of benzene rings is 2. The molecule has 0 saturated carbocycles. The first-order valence-electron chi connectivity index (χ1n) is 8.68. The van der Waals surface area contributed by atoms with Crippen molar-refractivity contribution in [1.29, 1.82) is 0 Å². The number of para-hydroxylation sites is 1. The maximum absolute atomic E-state index is 12.3. The second kappa shape index (κ2) is 7.97. The summed E-state index contributed by atoms with van der Waals surface area (Å²) in [5.41, 5.74) is 3.57. The van der Waals surface area contributed by atoms with Gasteiger partial charge in [0.1, 0.15) is 10.7 Å². The fourth-order valence-electron chi connectivity index (χ4n) is 2.71. The van der Waals surface area contributed by atoms with Crippen molar-refractivity contribution in [2.24, 2.45) is 0 Å². The van der Waals surface area contributed by atoms with Crippen LogP contribution in [-0.2, 0) is 6.42 Å². The van der Waals surface area contributed by atoms with E-state index in [9.17, 15) is 4.79 Å². The highest BCUT2D eigenvalue weighted by molar-refractivity contribution is 7.13. The predicted molar refractivity (Wildman–Crippen MR) is 107 cm³/mol. The van der Waals surface area contributed by atoms with Crippen molar-refractivity contribution in [3.63, 3.8) is 0 Å². The van der Waals surface area contributed by atoms with Crippen molar-refractivity contribution < 1.29 is 4.79 Å². The van der Waals surface area contributed by atoms with Gasteiger partial charge in [0.05, 0.1) is 11.9 Å². The van der Waals surface area contributed by atoms with E-state index in [1.54, 1.807) is 5.38 Å². The Morgan fingerprint density at radius 1 is 1.04 bits per heavy atom. The Bertz CT molecular complexity index is 1020. The summed E-state index contributed by atoms with van der Waals surface area (Å²) in [4.78, 5) is 16.8. The maximum Gasteiger partial charge on any atom is 0.270 e. The second-order valence-corrected chi connectivity index (χ2v) is 6.90. The molecule has 5 nitrogen and oxygen atoms in total. The van der Waals surface area contributed by atoms with Gasteiger partial charge >= 0.3 is 0 Å². The van der Waals surface area contributed by atoms with Crippen LogP contribution in [0.3, 0.4) is 0 Å². The largest absolute Gasteiger partial charge is 0.350 e. The summed E-state index contributed by atoms with van der Waals surface area (Å²) < 4.78 is 1.84. The zero-order valence-corrected chi connectivity index (χ0v) is 15.4. The van der Waals surface area contributed by atoms with Gasteiger partial charge < -0.3 is 5.32 Å². The van der Waals surface area contributed by atoms with Gasteiger partial charge in [0.15, 0.2) is 0 Å². The van der Waals surface area contributed by atoms with Crippen molar-refractivity contribution >= 4 is 17.2 Å². The van der Waals surface area contributed by atoms with E-state index in [2.05, 4.69) is 15.4 Å². The summed E-state index contributed by atoms with van der Waals surface area (Å²) in [5, 5.41) is 9.95. The molecule has 2 aromatic carbocycles. The van der Waals surface area contributed by atoms with E-state index >= 15 is 0 Å². The van der Waals surface area contributed by atoms with Crippen molar-refractivity contribution in [3.05, 3.63) is 89.7 Å². The van der Waals surface area contributed by atoms with E-state index in [0.29, 0.717) is 18.7 Å². The molecule has 6 heteroatoms. The molecule has 0 radical (unpaired) electrons. The number of amides is 1. The van der Waals surface area contributed by atoms with Crippen LogP contribution in [0.25, 0.3) is 16.3 Å². The lowest BCUT2D eigenvalue weighted by Crippen LogP contribution is -2.25. The van der Waals surface area contributed by atoms with E-state index in [0.717, 1.165) is 21.8 Å². The Hall–Kier alpha value is -3.25. The van der Waals surface area contributed by atoms with Crippen LogP contribution in [0, 0.1) is 0 Å². The first-order valence-corrected chi connectivity index (χ1v) is 9.56. The molecule has 1 amide bonds. The number of carbonyl (C=O) groups is 1. The summed E-state index contributed by atoms with van der Waals surface area (Å²) >= 11 is 1.48. The Morgan fingerprint density at radius 2 is 1.78 bits per heavy atom. The summed E-state index contributed by atoms with van der Waals surface area (Å²) in [6, 6.07) is 19.8. The summed E-state index contributed by atoms with van der Waals surface area (Å²) in [7, 11) is 0. The van der Waals surface area contributed by atoms with E-state index in [-0.39, 0.29) is 5.91 Å². The Morgan fingerprint density at radius 3 is 2.56 bits per heavy atom. The van der Waals surface area contributed by atoms with Crippen LogP contribution in [0.15, 0.2) is 78.4 Å². The molecule has 0 atom stereocenters. The van der Waals surface area contributed by atoms with Crippen LogP contribution in [0.5, 0.6) is 0 Å². The smallest absolute Gasteiger partial charge is 0.270 e. The molecule has 0 aliphatic rings. The molecule has 0 aliphatic carbocycles. The number of hydrogen-bond acceptors (Lipinski definition) is 4. The van der Waals surface area contributed by atoms with Crippen molar-refractivity contribution in [1.82, 2.24) is 20.1 Å². The number of nitrogens with zero attached hydrogens (tertiary/aromatic N) is 3. The topological polar surface area (TPSA) is 59.8 Å². The fraction of sp³-hybridized carbons (Fsp3) is 0.0952. The third-order valence-electron chi connectivity index (χ3n) is 4.11. The fourth-order valence-corrected chi connectivity index (χ4v) is 3.52. The number of aromatic nitrogens is 3. The molecule has 2 heterocycles. The molecule has 0 bridgehead atoms. The normalized spacial score (nSPS) is 10.7. The molecular formula is C21H18N4OS. The summed E-state index contributed by atoms with van der Waals surface area (Å²) in [6.45, 7) is 0.539. The average Bonchev–Trinajstić information content (AvgIpc) is 3.39. The zero-order valence-electron chi connectivity index (χ0n) is 14.6. The molecule has 1 N–H and O–H groups in total. The van der Waals surface area contributed by atoms with E-state index in [1.807, 2.05) is 77.7 Å². The molecule has 4 rings (SSSR count). The van der Waals surface area contributed by atoms with Gasteiger partial charge in [0.2, 0.25) is 0 Å². The van der Waals surface area contributed by atoms with Gasteiger partial charge in [-0.1, -0.05) is 48.5 Å². The maximum atomic E-state index is 12.3. The van der Waals surface area contributed by atoms with Crippen LogP contribution in [0.4, 0.5) is 0 Å². The third kappa shape index (κ3) is 4.12. The van der Waals surface area contributed by atoms with Gasteiger partial charge in [0, 0.05) is 23.7 Å². The van der Waals surface area contributed by atoms with Gasteiger partial charge in [-0.3, -0.25) is 4.79 Å². The first-order chi connectivity index (χ1) is 13.3. The highest BCUT2D eigenvalue weighted by Crippen LogP contribution is 2.23. The minimum absolute atomic E-state index is 0.149. The van der Waals surface area contributed by atoms with Crippen molar-refractivity contribution in [2.45, 2.75) is 6.42 Å². The van der Waals surface area contributed by atoms with Crippen LogP contribution < -0.4 is 5.32 Å². The van der Waals surface area contributed by atoms with Gasteiger partial charge in [-0.2, -0.15) is 5.10 Å². The highest BCUT2D eigenvalue weighted by atomic mass is 32.1. The first kappa shape index (κ1) is 17.2. The molecule has 0 fully saturated rings. The van der Waals surface area contributed by atoms with Gasteiger partial charge in [-0.25, -0.2) is 9.67 Å². The molecule has 0 saturated heterocycles. The Kier molecular flexibility index (Phi) is 5.07. The molecule has 0 aliphatic heterocycles. The lowest BCUT2D eigenvalue weighted by Gasteiger charge is -2.02. The van der Waals surface area contributed by atoms with Crippen LogP contribution in [-0.4, -0.2) is 27.2 Å². The number of thiazole rings is 1. The average molecular weight is 374 g/mol. The van der Waals surface area contributed by atoms with E-state index < -0.39 is 0 Å². The monoisotopic (exact) mass is 374 g/mol. The van der Waals surface area contributed by atoms with E-state index in [4.69, 9.17) is 0 Å². The van der Waals surface area contributed by atoms with Gasteiger partial charge in [0.25, 0.3) is 5.91 Å². The SMILES string of the molecule is O=C(NCCc1cnn(-c2ccccc2)c1)c1csc(-c2ccccc2)n1. The molecule has 4 aromatic rings. The predicted octanol–water partition coefficient (Wildman–Crippen LogP) is 3.97. The minimum Gasteiger partial charge on any atom is -0.350 e. The number of rotatable bonds is 6. The summed E-state index contributed by atoms with van der Waals surface area (Å²) in [6.07, 6.45) is 4.53. The van der Waals surface area contributed by atoms with Crippen LogP contribution >= 0.6 is 11.3 Å². The van der Waals surface area contributed by atoms with Gasteiger partial charge in [-0.15, -0.1) is 11.3 Å². The lowest BCUT2D eigenvalue weighted by molar-refractivity contribution is 0.0950. The van der Waals surface area contributed by atoms with Crippen LogP contribution in [0.2, 0.25) is 0 Å². The number of carbonyl (C=O) groups excluding carboxylic acids is 1. The van der Waals surface area contributed by atoms with Gasteiger partial charge in [-0.05, 0) is 24.1 Å². The third-order valence-corrected chi connectivity index (χ3v) is 5.00. The molecule has 27 heavy (non-hydrogen) atoms. The molecule has 2 aromatic heterocycles.